The maximum Gasteiger partial charge on any atom is 0.126 e. The van der Waals surface area contributed by atoms with Gasteiger partial charge in [-0.25, -0.2) is 0 Å². The van der Waals surface area contributed by atoms with Crippen molar-refractivity contribution in [3.63, 3.8) is 0 Å². The van der Waals surface area contributed by atoms with Crippen LogP contribution in [0.15, 0.2) is 12.1 Å². The minimum atomic E-state index is 0.112. The van der Waals surface area contributed by atoms with Crippen LogP contribution in [-0.4, -0.2) is 24.9 Å². The third-order valence-corrected chi connectivity index (χ3v) is 4.38. The first-order valence-corrected chi connectivity index (χ1v) is 8.63. The molecule has 0 bridgehead atoms. The van der Waals surface area contributed by atoms with Gasteiger partial charge in [0.25, 0.3) is 0 Å². The molecule has 2 unspecified atom stereocenters. The van der Waals surface area contributed by atoms with Crippen molar-refractivity contribution in [3.8, 4) is 5.75 Å². The fraction of sp³-hybridized carbons (Fsp3) is 0.667. The Bertz CT molecular complexity index is 459. The Morgan fingerprint density at radius 1 is 1.23 bits per heavy atom. The van der Waals surface area contributed by atoms with E-state index in [4.69, 9.17) is 22.1 Å². The molecule has 0 aliphatic heterocycles. The molecule has 0 saturated carbocycles. The molecule has 3 nitrogen and oxygen atoms in total. The molecule has 0 radical (unpaired) electrons. The smallest absolute Gasteiger partial charge is 0.126 e. The average molecular weight is 328 g/mol. The van der Waals surface area contributed by atoms with E-state index >= 15 is 0 Å². The summed E-state index contributed by atoms with van der Waals surface area (Å²) >= 11 is 6.34. The van der Waals surface area contributed by atoms with Crippen LogP contribution in [0, 0.1) is 5.92 Å². The van der Waals surface area contributed by atoms with Crippen molar-refractivity contribution < 1.29 is 9.84 Å². The highest BCUT2D eigenvalue weighted by Crippen LogP contribution is 2.40. The van der Waals surface area contributed by atoms with Gasteiger partial charge in [-0.1, -0.05) is 32.4 Å². The topological polar surface area (TPSA) is 55.5 Å². The molecule has 1 aromatic carbocycles. The van der Waals surface area contributed by atoms with E-state index in [-0.39, 0.29) is 12.5 Å². The Balaban J connectivity index is 3.28. The molecule has 2 atom stereocenters. The van der Waals surface area contributed by atoms with E-state index in [1.54, 1.807) is 0 Å². The van der Waals surface area contributed by atoms with Crippen molar-refractivity contribution >= 4 is 11.6 Å². The van der Waals surface area contributed by atoms with Crippen LogP contribution in [0.4, 0.5) is 0 Å². The van der Waals surface area contributed by atoms with Crippen molar-refractivity contribution in [3.05, 3.63) is 28.3 Å². The van der Waals surface area contributed by atoms with Crippen molar-refractivity contribution in [2.24, 2.45) is 11.7 Å². The lowest BCUT2D eigenvalue weighted by Gasteiger charge is -2.25. The number of aliphatic hydroxyl groups is 1. The molecule has 126 valence electrons. The first-order valence-electron chi connectivity index (χ1n) is 8.25. The minimum Gasteiger partial charge on any atom is -0.493 e. The number of halogens is 1. The number of hydrogen-bond donors (Lipinski definition) is 2. The largest absolute Gasteiger partial charge is 0.493 e. The van der Waals surface area contributed by atoms with Crippen LogP contribution in [0.1, 0.15) is 63.5 Å². The summed E-state index contributed by atoms with van der Waals surface area (Å²) in [5.74, 6) is 1.71. The van der Waals surface area contributed by atoms with Gasteiger partial charge >= 0.3 is 0 Å². The molecule has 22 heavy (non-hydrogen) atoms. The number of ether oxygens (including phenoxy) is 1. The second-order valence-electron chi connectivity index (χ2n) is 6.13. The van der Waals surface area contributed by atoms with Gasteiger partial charge in [0.15, 0.2) is 0 Å². The highest BCUT2D eigenvalue weighted by molar-refractivity contribution is 6.30. The van der Waals surface area contributed by atoms with Gasteiger partial charge in [0.05, 0.1) is 6.61 Å². The number of hydrogen-bond acceptors (Lipinski definition) is 3. The minimum absolute atomic E-state index is 0.112. The highest BCUT2D eigenvalue weighted by Gasteiger charge is 2.22. The first-order chi connectivity index (χ1) is 10.5. The van der Waals surface area contributed by atoms with Gasteiger partial charge in [-0.15, -0.1) is 0 Å². The van der Waals surface area contributed by atoms with Gasteiger partial charge in [-0.3, -0.25) is 0 Å². The summed E-state index contributed by atoms with van der Waals surface area (Å²) < 4.78 is 5.96. The fourth-order valence-corrected chi connectivity index (χ4v) is 3.08. The summed E-state index contributed by atoms with van der Waals surface area (Å²) in [4.78, 5) is 0. The first kappa shape index (κ1) is 19.3. The number of aliphatic hydroxyl groups excluding tert-OH is 1. The average Bonchev–Trinajstić information content (AvgIpc) is 2.50. The zero-order valence-electron chi connectivity index (χ0n) is 14.2. The van der Waals surface area contributed by atoms with Gasteiger partial charge < -0.3 is 15.6 Å². The third kappa shape index (κ3) is 4.87. The lowest BCUT2D eigenvalue weighted by atomic mass is 9.84. The molecule has 0 fully saturated rings. The second-order valence-corrected chi connectivity index (χ2v) is 6.56. The maximum atomic E-state index is 9.45. The lowest BCUT2D eigenvalue weighted by molar-refractivity contribution is 0.213. The third-order valence-electron chi connectivity index (χ3n) is 4.16. The molecule has 3 N–H and O–H groups in total. The highest BCUT2D eigenvalue weighted by atomic mass is 35.5. The molecule has 0 saturated heterocycles. The Kier molecular flexibility index (Phi) is 8.23. The molecule has 0 aliphatic carbocycles. The molecule has 1 aromatic rings. The van der Waals surface area contributed by atoms with E-state index in [0.29, 0.717) is 25.0 Å². The zero-order valence-corrected chi connectivity index (χ0v) is 15.0. The Hall–Kier alpha value is -0.770. The van der Waals surface area contributed by atoms with Crippen LogP contribution < -0.4 is 10.5 Å². The zero-order chi connectivity index (χ0) is 16.7. The molecule has 0 spiro atoms. The number of benzene rings is 1. The van der Waals surface area contributed by atoms with Crippen molar-refractivity contribution in [1.29, 1.82) is 0 Å². The number of nitrogens with two attached hydrogens (primary N) is 1. The summed E-state index contributed by atoms with van der Waals surface area (Å²) in [5, 5.41) is 10.2. The van der Waals surface area contributed by atoms with E-state index in [1.807, 2.05) is 19.1 Å². The van der Waals surface area contributed by atoms with Crippen LogP contribution >= 0.6 is 11.6 Å². The fourth-order valence-electron chi connectivity index (χ4n) is 2.84. The monoisotopic (exact) mass is 327 g/mol. The maximum absolute atomic E-state index is 9.45. The molecular formula is C18H30ClNO2. The quantitative estimate of drug-likeness (QED) is 0.710. The predicted octanol–water partition coefficient (Wildman–Crippen LogP) is 4.31. The molecule has 0 heterocycles. The van der Waals surface area contributed by atoms with Crippen molar-refractivity contribution in [1.82, 2.24) is 0 Å². The SMILES string of the molecule is CCOc1c(C(C)C)cc(Cl)cc1C(CC)CC(CN)CO. The Morgan fingerprint density at radius 2 is 1.86 bits per heavy atom. The van der Waals surface area contributed by atoms with E-state index in [2.05, 4.69) is 20.8 Å². The second kappa shape index (κ2) is 9.39. The van der Waals surface area contributed by atoms with Crippen molar-refractivity contribution in [2.75, 3.05) is 19.8 Å². The van der Waals surface area contributed by atoms with Crippen molar-refractivity contribution in [2.45, 2.75) is 52.4 Å². The summed E-state index contributed by atoms with van der Waals surface area (Å²) in [7, 11) is 0. The van der Waals surface area contributed by atoms with Crippen LogP contribution in [0.3, 0.4) is 0 Å². The molecule has 1 rings (SSSR count). The predicted molar refractivity (Wildman–Crippen MR) is 94.0 cm³/mol. The standard InChI is InChI=1S/C18H30ClNO2/c1-5-14(7-13(10-20)11-21)17-9-15(19)8-16(12(3)4)18(17)22-6-2/h8-9,12-14,21H,5-7,10-11,20H2,1-4H3. The van der Waals surface area contributed by atoms with Crippen LogP contribution in [0.25, 0.3) is 0 Å². The molecule has 0 aromatic heterocycles. The summed E-state index contributed by atoms with van der Waals surface area (Å²) in [6, 6.07) is 4.01. The lowest BCUT2D eigenvalue weighted by Crippen LogP contribution is -2.21. The summed E-state index contributed by atoms with van der Waals surface area (Å²) in [5.41, 5.74) is 8.05. The van der Waals surface area contributed by atoms with E-state index in [9.17, 15) is 5.11 Å². The van der Waals surface area contributed by atoms with E-state index in [0.717, 1.165) is 34.7 Å². The molecule has 0 amide bonds. The summed E-state index contributed by atoms with van der Waals surface area (Å²) in [6.07, 6.45) is 1.82. The molecule has 0 aliphatic rings. The van der Waals surface area contributed by atoms with Gasteiger partial charge in [-0.2, -0.15) is 0 Å². The summed E-state index contributed by atoms with van der Waals surface area (Å²) in [6.45, 7) is 9.69. The molecular weight excluding hydrogens is 298 g/mol. The van der Waals surface area contributed by atoms with Crippen LogP contribution in [0.2, 0.25) is 5.02 Å². The van der Waals surface area contributed by atoms with Crippen LogP contribution in [-0.2, 0) is 0 Å². The van der Waals surface area contributed by atoms with Gasteiger partial charge in [0, 0.05) is 11.6 Å². The molecule has 4 heteroatoms. The van der Waals surface area contributed by atoms with Crippen LogP contribution in [0.5, 0.6) is 5.75 Å². The van der Waals surface area contributed by atoms with E-state index in [1.165, 1.54) is 0 Å². The van der Waals surface area contributed by atoms with Gasteiger partial charge in [-0.05, 0) is 67.3 Å². The normalized spacial score (nSPS) is 14.2. The number of rotatable bonds is 9. The Morgan fingerprint density at radius 3 is 2.32 bits per heavy atom. The van der Waals surface area contributed by atoms with Gasteiger partial charge in [0.1, 0.15) is 5.75 Å². The Labute approximate surface area is 139 Å². The van der Waals surface area contributed by atoms with Gasteiger partial charge in [0.2, 0.25) is 0 Å². The van der Waals surface area contributed by atoms with E-state index < -0.39 is 0 Å².